The minimum absolute atomic E-state index is 0.151. The van der Waals surface area contributed by atoms with Gasteiger partial charge in [-0.2, -0.15) is 0 Å². The Morgan fingerprint density at radius 2 is 1.74 bits per heavy atom. The Kier molecular flexibility index (Phi) is 4.38. The Morgan fingerprint density at radius 1 is 1.00 bits per heavy atom. The fraction of sp³-hybridized carbons (Fsp3) is 0.0556. The Hall–Kier alpha value is -3.08. The molecule has 0 bridgehead atoms. The predicted octanol–water partition coefficient (Wildman–Crippen LogP) is 4.14. The lowest BCUT2D eigenvalue weighted by Crippen LogP contribution is -2.22. The highest BCUT2D eigenvalue weighted by Gasteiger charge is 2.12. The molecule has 0 atom stereocenters. The van der Waals surface area contributed by atoms with Crippen LogP contribution >= 0.6 is 0 Å². The first-order chi connectivity index (χ1) is 11.2. The van der Waals surface area contributed by atoms with Gasteiger partial charge in [-0.1, -0.05) is 30.3 Å². The number of hydrogen-bond acceptors (Lipinski definition) is 3. The van der Waals surface area contributed by atoms with E-state index in [1.165, 1.54) is 18.2 Å². The van der Waals surface area contributed by atoms with E-state index in [0.717, 1.165) is 5.56 Å². The maximum absolute atomic E-state index is 12.8. The van der Waals surface area contributed by atoms with Crippen molar-refractivity contribution in [2.45, 2.75) is 6.54 Å². The van der Waals surface area contributed by atoms with Crippen LogP contribution in [0.15, 0.2) is 71.1 Å². The van der Waals surface area contributed by atoms with Gasteiger partial charge in [0.15, 0.2) is 5.76 Å². The summed E-state index contributed by atoms with van der Waals surface area (Å²) >= 11 is 0. The fourth-order valence-corrected chi connectivity index (χ4v) is 1.97. The average molecular weight is 311 g/mol. The maximum Gasteiger partial charge on any atom is 0.290 e. The summed E-state index contributed by atoms with van der Waals surface area (Å²) in [6.45, 7) is 0.286. The summed E-state index contributed by atoms with van der Waals surface area (Å²) in [6.07, 6.45) is 0. The second kappa shape index (κ2) is 6.79. The molecule has 0 aliphatic heterocycles. The highest BCUT2D eigenvalue weighted by molar-refractivity contribution is 5.91. The van der Waals surface area contributed by atoms with E-state index in [-0.39, 0.29) is 30.0 Å². The van der Waals surface area contributed by atoms with Crippen LogP contribution in [0.25, 0.3) is 0 Å². The number of para-hydroxylation sites is 1. The topological polar surface area (TPSA) is 51.5 Å². The van der Waals surface area contributed by atoms with Crippen molar-refractivity contribution in [3.63, 3.8) is 0 Å². The third-order valence-electron chi connectivity index (χ3n) is 3.13. The number of carbonyl (C=O) groups is 1. The molecule has 0 spiro atoms. The second-order valence-corrected chi connectivity index (χ2v) is 4.84. The van der Waals surface area contributed by atoms with Crippen LogP contribution < -0.4 is 10.1 Å². The van der Waals surface area contributed by atoms with Crippen LogP contribution in [0.1, 0.15) is 16.1 Å². The van der Waals surface area contributed by atoms with E-state index in [1.54, 1.807) is 30.3 Å². The Bertz CT molecular complexity index is 782. The maximum atomic E-state index is 12.8. The molecule has 5 heteroatoms. The molecule has 1 N–H and O–H groups in total. The zero-order chi connectivity index (χ0) is 16.1. The van der Waals surface area contributed by atoms with Gasteiger partial charge in [-0.05, 0) is 35.9 Å². The van der Waals surface area contributed by atoms with Gasteiger partial charge in [0.1, 0.15) is 11.6 Å². The first-order valence-corrected chi connectivity index (χ1v) is 7.06. The number of halogens is 1. The summed E-state index contributed by atoms with van der Waals surface area (Å²) in [5, 5.41) is 2.70. The highest BCUT2D eigenvalue weighted by Crippen LogP contribution is 2.23. The minimum atomic E-state index is -0.364. The number of amides is 1. The third-order valence-corrected chi connectivity index (χ3v) is 3.13. The van der Waals surface area contributed by atoms with Crippen molar-refractivity contribution in [2.75, 3.05) is 0 Å². The lowest BCUT2D eigenvalue weighted by atomic mass is 10.2. The van der Waals surface area contributed by atoms with Crippen molar-refractivity contribution < 1.29 is 18.3 Å². The SMILES string of the molecule is O=C(NCc1ccc(F)cc1)c1ccc(Oc2ccccc2)o1. The molecular weight excluding hydrogens is 297 g/mol. The van der Waals surface area contributed by atoms with Crippen molar-refractivity contribution >= 4 is 5.91 Å². The summed E-state index contributed by atoms with van der Waals surface area (Å²) in [5.74, 6) is 0.340. The van der Waals surface area contributed by atoms with Crippen molar-refractivity contribution in [3.05, 3.63) is 83.9 Å². The fourth-order valence-electron chi connectivity index (χ4n) is 1.97. The number of nitrogens with one attached hydrogen (secondary N) is 1. The number of carbonyl (C=O) groups excluding carboxylic acids is 1. The Morgan fingerprint density at radius 3 is 2.48 bits per heavy atom. The molecule has 0 unspecified atom stereocenters. The van der Waals surface area contributed by atoms with Crippen LogP contribution in [-0.4, -0.2) is 5.91 Å². The zero-order valence-corrected chi connectivity index (χ0v) is 12.2. The molecule has 2 aromatic carbocycles. The molecule has 1 amide bonds. The van der Waals surface area contributed by atoms with Gasteiger partial charge < -0.3 is 14.5 Å². The van der Waals surface area contributed by atoms with Gasteiger partial charge in [-0.3, -0.25) is 4.79 Å². The average Bonchev–Trinajstić information content (AvgIpc) is 3.03. The van der Waals surface area contributed by atoms with Crippen LogP contribution in [0.4, 0.5) is 4.39 Å². The molecule has 4 nitrogen and oxygen atoms in total. The molecule has 0 aliphatic rings. The van der Waals surface area contributed by atoms with Gasteiger partial charge in [-0.25, -0.2) is 4.39 Å². The molecule has 0 aliphatic carbocycles. The minimum Gasteiger partial charge on any atom is -0.426 e. The van der Waals surface area contributed by atoms with Crippen molar-refractivity contribution in [1.29, 1.82) is 0 Å². The highest BCUT2D eigenvalue weighted by atomic mass is 19.1. The smallest absolute Gasteiger partial charge is 0.290 e. The van der Waals surface area contributed by atoms with Crippen LogP contribution in [0, 0.1) is 5.82 Å². The molecular formula is C18H14FNO3. The number of furan rings is 1. The van der Waals surface area contributed by atoms with Gasteiger partial charge in [-0.15, -0.1) is 0 Å². The van der Waals surface area contributed by atoms with E-state index in [2.05, 4.69) is 5.32 Å². The van der Waals surface area contributed by atoms with Gasteiger partial charge in [0.25, 0.3) is 11.9 Å². The Balaban J connectivity index is 1.59. The van der Waals surface area contributed by atoms with E-state index in [0.29, 0.717) is 5.75 Å². The molecule has 0 saturated heterocycles. The molecule has 3 rings (SSSR count). The molecule has 0 fully saturated rings. The van der Waals surface area contributed by atoms with E-state index >= 15 is 0 Å². The molecule has 1 heterocycles. The monoisotopic (exact) mass is 311 g/mol. The molecule has 116 valence electrons. The number of benzene rings is 2. The summed E-state index contributed by atoms with van der Waals surface area (Å²) in [5.41, 5.74) is 0.798. The van der Waals surface area contributed by atoms with E-state index in [4.69, 9.17) is 9.15 Å². The van der Waals surface area contributed by atoms with Gasteiger partial charge in [0, 0.05) is 12.6 Å². The van der Waals surface area contributed by atoms with Crippen LogP contribution in [0.5, 0.6) is 11.7 Å². The largest absolute Gasteiger partial charge is 0.426 e. The van der Waals surface area contributed by atoms with Crippen LogP contribution in [-0.2, 0) is 6.54 Å². The molecule has 23 heavy (non-hydrogen) atoms. The lowest BCUT2D eigenvalue weighted by Gasteiger charge is -2.04. The number of hydrogen-bond donors (Lipinski definition) is 1. The molecule has 0 radical (unpaired) electrons. The molecule has 3 aromatic rings. The van der Waals surface area contributed by atoms with E-state index in [1.807, 2.05) is 18.2 Å². The van der Waals surface area contributed by atoms with E-state index in [9.17, 15) is 9.18 Å². The number of ether oxygens (including phenoxy) is 1. The quantitative estimate of drug-likeness (QED) is 0.770. The summed E-state index contributed by atoms with van der Waals surface area (Å²) in [4.78, 5) is 12.0. The first kappa shape index (κ1) is 14.8. The zero-order valence-electron chi connectivity index (χ0n) is 12.2. The third kappa shape index (κ3) is 3.97. The first-order valence-electron chi connectivity index (χ1n) is 7.06. The van der Waals surface area contributed by atoms with Gasteiger partial charge in [0.2, 0.25) is 0 Å². The van der Waals surface area contributed by atoms with Crippen molar-refractivity contribution in [2.24, 2.45) is 0 Å². The van der Waals surface area contributed by atoms with Crippen molar-refractivity contribution in [1.82, 2.24) is 5.32 Å². The summed E-state index contributed by atoms with van der Waals surface area (Å²) in [6, 6.07) is 18.2. The molecule has 0 saturated carbocycles. The summed E-state index contributed by atoms with van der Waals surface area (Å²) in [7, 11) is 0. The number of rotatable bonds is 5. The van der Waals surface area contributed by atoms with Crippen molar-refractivity contribution in [3.8, 4) is 11.7 Å². The second-order valence-electron chi connectivity index (χ2n) is 4.84. The van der Waals surface area contributed by atoms with Gasteiger partial charge in [0.05, 0.1) is 0 Å². The van der Waals surface area contributed by atoms with E-state index < -0.39 is 0 Å². The lowest BCUT2D eigenvalue weighted by molar-refractivity contribution is 0.0918. The van der Waals surface area contributed by atoms with Gasteiger partial charge >= 0.3 is 0 Å². The predicted molar refractivity (Wildman–Crippen MR) is 82.8 cm³/mol. The Labute approximate surface area is 132 Å². The normalized spacial score (nSPS) is 10.3. The molecule has 1 aromatic heterocycles. The summed E-state index contributed by atoms with van der Waals surface area (Å²) < 4.78 is 23.7. The van der Waals surface area contributed by atoms with Crippen LogP contribution in [0.3, 0.4) is 0 Å². The van der Waals surface area contributed by atoms with Crippen LogP contribution in [0.2, 0.25) is 0 Å². The standard InChI is InChI=1S/C18H14FNO3/c19-14-8-6-13(7-9-14)12-20-18(21)16-10-11-17(23-16)22-15-4-2-1-3-5-15/h1-11H,12H2,(H,20,21).